The van der Waals surface area contributed by atoms with E-state index < -0.39 is 0 Å². The second kappa shape index (κ2) is 5.22. The second-order valence-corrected chi connectivity index (χ2v) is 5.02. The number of aromatic nitrogens is 5. The highest BCUT2D eigenvalue weighted by molar-refractivity contribution is 7.99. The number of rotatable bonds is 5. The predicted octanol–water partition coefficient (Wildman–Crippen LogP) is 1.43. The fourth-order valence-electron chi connectivity index (χ4n) is 1.53. The van der Waals surface area contributed by atoms with Gasteiger partial charge in [0.1, 0.15) is 0 Å². The molecule has 0 atom stereocenters. The number of nitrogens with two attached hydrogens (primary N) is 1. The van der Waals surface area contributed by atoms with Crippen LogP contribution in [0.3, 0.4) is 0 Å². The van der Waals surface area contributed by atoms with E-state index in [0.29, 0.717) is 5.95 Å². The van der Waals surface area contributed by atoms with Gasteiger partial charge in [-0.05, 0) is 13.8 Å². The Labute approximate surface area is 104 Å². The van der Waals surface area contributed by atoms with E-state index in [1.54, 1.807) is 18.0 Å². The van der Waals surface area contributed by atoms with Crippen molar-refractivity contribution in [3.8, 4) is 0 Å². The van der Waals surface area contributed by atoms with E-state index in [-0.39, 0.29) is 6.04 Å². The van der Waals surface area contributed by atoms with Crippen LogP contribution in [0, 0.1) is 0 Å². The third-order valence-electron chi connectivity index (χ3n) is 2.35. The molecular formula is C10H16N6S. The molecule has 0 radical (unpaired) electrons. The van der Waals surface area contributed by atoms with Crippen LogP contribution in [0.1, 0.15) is 19.9 Å². The first-order valence-electron chi connectivity index (χ1n) is 5.47. The molecule has 92 valence electrons. The molecule has 2 aromatic rings. The van der Waals surface area contributed by atoms with E-state index in [1.807, 2.05) is 21.7 Å². The normalized spacial score (nSPS) is 11.2. The van der Waals surface area contributed by atoms with E-state index in [0.717, 1.165) is 17.5 Å². The van der Waals surface area contributed by atoms with Crippen LogP contribution in [0.15, 0.2) is 23.9 Å². The Morgan fingerprint density at radius 1 is 1.41 bits per heavy atom. The highest BCUT2D eigenvalue weighted by Gasteiger charge is 2.12. The van der Waals surface area contributed by atoms with Crippen molar-refractivity contribution in [3.05, 3.63) is 18.7 Å². The number of imidazole rings is 1. The molecule has 2 N–H and O–H groups in total. The van der Waals surface area contributed by atoms with Crippen molar-refractivity contribution < 1.29 is 0 Å². The Morgan fingerprint density at radius 2 is 2.24 bits per heavy atom. The fourth-order valence-corrected chi connectivity index (χ4v) is 2.56. The monoisotopic (exact) mass is 252 g/mol. The average Bonchev–Trinajstić information content (AvgIpc) is 2.88. The van der Waals surface area contributed by atoms with Crippen LogP contribution in [0.5, 0.6) is 0 Å². The van der Waals surface area contributed by atoms with Gasteiger partial charge in [-0.2, -0.15) is 0 Å². The average molecular weight is 252 g/mol. The molecule has 7 heteroatoms. The number of nitrogen functional groups attached to an aromatic ring is 1. The van der Waals surface area contributed by atoms with Crippen molar-refractivity contribution in [2.24, 2.45) is 0 Å². The van der Waals surface area contributed by atoms with Gasteiger partial charge in [-0.25, -0.2) is 4.98 Å². The number of hydrogen-bond donors (Lipinski definition) is 1. The molecule has 2 heterocycles. The molecule has 0 aliphatic carbocycles. The van der Waals surface area contributed by atoms with Crippen LogP contribution in [-0.2, 0) is 6.54 Å². The van der Waals surface area contributed by atoms with Crippen LogP contribution in [0.25, 0.3) is 0 Å². The van der Waals surface area contributed by atoms with Crippen molar-refractivity contribution in [3.63, 3.8) is 0 Å². The summed E-state index contributed by atoms with van der Waals surface area (Å²) in [7, 11) is 0. The topological polar surface area (TPSA) is 74.6 Å². The van der Waals surface area contributed by atoms with Crippen molar-refractivity contribution >= 4 is 17.7 Å². The Bertz CT molecular complexity index is 461. The summed E-state index contributed by atoms with van der Waals surface area (Å²) in [4.78, 5) is 4.00. The third kappa shape index (κ3) is 2.79. The maximum atomic E-state index is 5.77. The van der Waals surface area contributed by atoms with Crippen LogP contribution in [-0.4, -0.2) is 30.1 Å². The lowest BCUT2D eigenvalue weighted by atomic mass is 10.4. The number of anilines is 1. The predicted molar refractivity (Wildman–Crippen MR) is 67.8 cm³/mol. The Morgan fingerprint density at radius 3 is 2.88 bits per heavy atom. The van der Waals surface area contributed by atoms with Crippen molar-refractivity contribution in [1.82, 2.24) is 24.3 Å². The molecule has 6 nitrogen and oxygen atoms in total. The Kier molecular flexibility index (Phi) is 3.68. The lowest BCUT2D eigenvalue weighted by Crippen LogP contribution is -2.07. The molecule has 17 heavy (non-hydrogen) atoms. The van der Waals surface area contributed by atoms with Gasteiger partial charge in [-0.15, -0.1) is 10.2 Å². The molecule has 0 saturated carbocycles. The quantitative estimate of drug-likeness (QED) is 0.815. The number of thioether (sulfide) groups is 1. The largest absolute Gasteiger partial charge is 0.368 e. The van der Waals surface area contributed by atoms with Gasteiger partial charge in [0.2, 0.25) is 5.95 Å². The maximum absolute atomic E-state index is 5.77. The maximum Gasteiger partial charge on any atom is 0.222 e. The van der Waals surface area contributed by atoms with Gasteiger partial charge in [0.25, 0.3) is 0 Å². The lowest BCUT2D eigenvalue weighted by molar-refractivity contribution is 0.556. The van der Waals surface area contributed by atoms with Gasteiger partial charge in [0, 0.05) is 30.7 Å². The smallest absolute Gasteiger partial charge is 0.222 e. The number of hydrogen-bond acceptors (Lipinski definition) is 5. The molecule has 0 aliphatic rings. The van der Waals surface area contributed by atoms with E-state index in [4.69, 9.17) is 5.73 Å². The van der Waals surface area contributed by atoms with Crippen LogP contribution >= 0.6 is 11.8 Å². The van der Waals surface area contributed by atoms with Crippen molar-refractivity contribution in [2.45, 2.75) is 31.6 Å². The summed E-state index contributed by atoms with van der Waals surface area (Å²) >= 11 is 1.66. The van der Waals surface area contributed by atoms with Gasteiger partial charge in [0.05, 0.1) is 6.33 Å². The van der Waals surface area contributed by atoms with Crippen LogP contribution < -0.4 is 5.73 Å². The van der Waals surface area contributed by atoms with E-state index >= 15 is 0 Å². The zero-order chi connectivity index (χ0) is 12.3. The van der Waals surface area contributed by atoms with Crippen LogP contribution in [0.2, 0.25) is 0 Å². The first kappa shape index (κ1) is 12.0. The van der Waals surface area contributed by atoms with Crippen molar-refractivity contribution in [1.29, 1.82) is 0 Å². The van der Waals surface area contributed by atoms with E-state index in [2.05, 4.69) is 29.0 Å². The molecule has 0 aromatic carbocycles. The molecule has 0 bridgehead atoms. The highest BCUT2D eigenvalue weighted by Crippen LogP contribution is 2.22. The Hall–Kier alpha value is -1.50. The van der Waals surface area contributed by atoms with E-state index in [1.165, 1.54) is 0 Å². The van der Waals surface area contributed by atoms with Crippen molar-refractivity contribution in [2.75, 3.05) is 11.5 Å². The molecule has 0 aliphatic heterocycles. The summed E-state index contributed by atoms with van der Waals surface area (Å²) in [6.45, 7) is 5.04. The van der Waals surface area contributed by atoms with Gasteiger partial charge >= 0.3 is 0 Å². The zero-order valence-corrected chi connectivity index (χ0v) is 10.8. The minimum absolute atomic E-state index is 0.278. The lowest BCUT2D eigenvalue weighted by Gasteiger charge is -2.11. The molecule has 0 unspecified atom stereocenters. The molecule has 0 saturated heterocycles. The Balaban J connectivity index is 1.95. The van der Waals surface area contributed by atoms with Crippen LogP contribution in [0.4, 0.5) is 5.95 Å². The second-order valence-electron chi connectivity index (χ2n) is 3.95. The molecule has 2 rings (SSSR count). The van der Waals surface area contributed by atoms with Gasteiger partial charge < -0.3 is 10.3 Å². The van der Waals surface area contributed by atoms with Gasteiger partial charge in [-0.1, -0.05) is 11.8 Å². The zero-order valence-electron chi connectivity index (χ0n) is 9.95. The molecular weight excluding hydrogens is 236 g/mol. The molecule has 0 fully saturated rings. The summed E-state index contributed by atoms with van der Waals surface area (Å²) in [5, 5.41) is 8.86. The molecule has 0 spiro atoms. The molecule has 0 amide bonds. The first-order chi connectivity index (χ1) is 8.18. The minimum Gasteiger partial charge on any atom is -0.368 e. The third-order valence-corrected chi connectivity index (χ3v) is 3.27. The fraction of sp³-hybridized carbons (Fsp3) is 0.500. The molecule has 2 aromatic heterocycles. The summed E-state index contributed by atoms with van der Waals surface area (Å²) < 4.78 is 3.98. The summed E-state index contributed by atoms with van der Waals surface area (Å²) in [6, 6.07) is 0.278. The summed E-state index contributed by atoms with van der Waals surface area (Å²) in [5.74, 6) is 1.39. The highest BCUT2D eigenvalue weighted by atomic mass is 32.2. The SMILES string of the molecule is CC(C)n1c(N)nnc1SCCn1ccnc1. The number of nitrogens with zero attached hydrogens (tertiary/aromatic N) is 5. The first-order valence-corrected chi connectivity index (χ1v) is 6.46. The standard InChI is InChI=1S/C10H16N6S/c1-8(2)16-9(11)13-14-10(16)17-6-5-15-4-3-12-7-15/h3-4,7-8H,5-6H2,1-2H3,(H2,11,13). The van der Waals surface area contributed by atoms with Gasteiger partial charge in [-0.3, -0.25) is 4.57 Å². The minimum atomic E-state index is 0.278. The number of aryl methyl sites for hydroxylation is 1. The van der Waals surface area contributed by atoms with E-state index in [9.17, 15) is 0 Å². The summed E-state index contributed by atoms with van der Waals surface area (Å²) in [5.41, 5.74) is 5.77. The summed E-state index contributed by atoms with van der Waals surface area (Å²) in [6.07, 6.45) is 5.53. The van der Waals surface area contributed by atoms with Gasteiger partial charge in [0.15, 0.2) is 5.16 Å².